The lowest BCUT2D eigenvalue weighted by molar-refractivity contribution is -0.127. The zero-order valence-electron chi connectivity index (χ0n) is 21.3. The number of nitrogens with one attached hydrogen (secondary N) is 1. The summed E-state index contributed by atoms with van der Waals surface area (Å²) >= 11 is 15.2. The van der Waals surface area contributed by atoms with Gasteiger partial charge in [0.25, 0.3) is 11.1 Å². The molecule has 3 amide bonds. The van der Waals surface area contributed by atoms with E-state index in [1.807, 2.05) is 31.2 Å². The minimum absolute atomic E-state index is 0.188. The first kappa shape index (κ1) is 30.0. The summed E-state index contributed by atoms with van der Waals surface area (Å²) in [6.45, 7) is 2.06. The van der Waals surface area contributed by atoms with Gasteiger partial charge in [-0.2, -0.15) is 0 Å². The van der Waals surface area contributed by atoms with Crippen molar-refractivity contribution in [3.8, 4) is 17.2 Å². The molecule has 0 bridgehead atoms. The van der Waals surface area contributed by atoms with E-state index in [1.54, 1.807) is 30.3 Å². The Morgan fingerprint density at radius 2 is 1.82 bits per heavy atom. The molecule has 1 fully saturated rings. The van der Waals surface area contributed by atoms with Gasteiger partial charge in [-0.25, -0.2) is 0 Å². The Balaban J connectivity index is 1.48. The third kappa shape index (κ3) is 7.22. The van der Waals surface area contributed by atoms with Crippen LogP contribution in [0.2, 0.25) is 10.0 Å². The molecule has 1 aliphatic heterocycles. The summed E-state index contributed by atoms with van der Waals surface area (Å²) in [6, 6.07) is 15.7. The van der Waals surface area contributed by atoms with E-state index >= 15 is 0 Å². The van der Waals surface area contributed by atoms with E-state index in [9.17, 15) is 14.4 Å². The molecule has 1 heterocycles. The van der Waals surface area contributed by atoms with Crippen molar-refractivity contribution < 1.29 is 28.6 Å². The zero-order valence-corrected chi connectivity index (χ0v) is 25.8. The van der Waals surface area contributed by atoms with Crippen LogP contribution in [0.1, 0.15) is 18.1 Å². The van der Waals surface area contributed by atoms with Crippen LogP contribution in [0.4, 0.5) is 10.5 Å². The first-order chi connectivity index (χ1) is 19.2. The van der Waals surface area contributed by atoms with Crippen molar-refractivity contribution in [3.05, 3.63) is 84.2 Å². The highest BCUT2D eigenvalue weighted by Gasteiger charge is 2.36. The van der Waals surface area contributed by atoms with Gasteiger partial charge in [-0.3, -0.25) is 19.3 Å². The second-order valence-electron chi connectivity index (χ2n) is 8.31. The number of thioether (sulfide) groups is 1. The molecule has 0 radical (unpaired) electrons. The van der Waals surface area contributed by atoms with E-state index in [2.05, 4.69) is 27.9 Å². The van der Waals surface area contributed by atoms with Crippen LogP contribution in [-0.2, 0) is 16.2 Å². The highest BCUT2D eigenvalue weighted by Crippen LogP contribution is 2.38. The molecule has 8 nitrogen and oxygen atoms in total. The van der Waals surface area contributed by atoms with Crippen LogP contribution in [0.25, 0.3) is 6.08 Å². The number of carbonyl (C=O) groups excluding carboxylic acids is 3. The summed E-state index contributed by atoms with van der Waals surface area (Å²) in [6.07, 6.45) is 1.59. The molecule has 40 heavy (non-hydrogen) atoms. The Morgan fingerprint density at radius 1 is 1.05 bits per heavy atom. The van der Waals surface area contributed by atoms with E-state index in [0.717, 1.165) is 25.8 Å². The van der Waals surface area contributed by atoms with Crippen LogP contribution in [0.3, 0.4) is 0 Å². The van der Waals surface area contributed by atoms with Crippen LogP contribution >= 0.6 is 57.6 Å². The summed E-state index contributed by atoms with van der Waals surface area (Å²) < 4.78 is 17.7. The van der Waals surface area contributed by atoms with Crippen molar-refractivity contribution in [2.24, 2.45) is 0 Å². The molecule has 0 spiro atoms. The topological polar surface area (TPSA) is 94.2 Å². The fourth-order valence-corrected chi connectivity index (χ4v) is 5.78. The van der Waals surface area contributed by atoms with E-state index in [4.69, 9.17) is 37.4 Å². The number of benzene rings is 3. The maximum atomic E-state index is 13.0. The van der Waals surface area contributed by atoms with Crippen LogP contribution in [0.15, 0.2) is 59.5 Å². The SMILES string of the molecule is CCOc1cc(/C=C2/SC(=O)N(CC(=O)Nc3ccc(OC)c(Cl)c3)C2=O)cc(I)c1OCc1ccccc1Cl. The normalized spacial score (nSPS) is 14.0. The van der Waals surface area contributed by atoms with Crippen LogP contribution in [0.5, 0.6) is 17.2 Å². The fraction of sp³-hybridized carbons (Fsp3) is 0.179. The summed E-state index contributed by atoms with van der Waals surface area (Å²) in [7, 11) is 1.48. The van der Waals surface area contributed by atoms with Crippen molar-refractivity contribution in [2.75, 3.05) is 25.6 Å². The highest BCUT2D eigenvalue weighted by molar-refractivity contribution is 14.1. The quantitative estimate of drug-likeness (QED) is 0.175. The van der Waals surface area contributed by atoms with E-state index in [0.29, 0.717) is 45.2 Å². The maximum absolute atomic E-state index is 13.0. The first-order valence-corrected chi connectivity index (χ1v) is 14.6. The number of anilines is 1. The largest absolute Gasteiger partial charge is 0.495 e. The molecule has 4 rings (SSSR count). The molecule has 1 N–H and O–H groups in total. The standard InChI is InChI=1S/C28H23Cl2IN2O6S/c1-3-38-23-11-16(10-21(31)26(23)39-15-17-6-4-5-7-19(17)29)12-24-27(35)33(28(36)40-24)14-25(34)32-18-8-9-22(37-2)20(30)13-18/h4-13H,3,14-15H2,1-2H3,(H,32,34)/b24-12+. The molecule has 0 aromatic heterocycles. The predicted molar refractivity (Wildman–Crippen MR) is 165 cm³/mol. The van der Waals surface area contributed by atoms with Gasteiger partial charge in [0.05, 0.1) is 27.2 Å². The number of nitrogens with zero attached hydrogens (tertiary/aromatic N) is 1. The number of hydrogen-bond acceptors (Lipinski definition) is 7. The van der Waals surface area contributed by atoms with Gasteiger partial charge >= 0.3 is 0 Å². The summed E-state index contributed by atoms with van der Waals surface area (Å²) in [4.78, 5) is 39.3. The van der Waals surface area contributed by atoms with Crippen LogP contribution in [0, 0.1) is 3.57 Å². The number of methoxy groups -OCH3 is 1. The molecule has 3 aromatic rings. The minimum Gasteiger partial charge on any atom is -0.495 e. The van der Waals surface area contributed by atoms with Crippen molar-refractivity contribution in [1.29, 1.82) is 0 Å². The Morgan fingerprint density at radius 3 is 2.52 bits per heavy atom. The van der Waals surface area contributed by atoms with Crippen molar-refractivity contribution in [3.63, 3.8) is 0 Å². The molecule has 0 aliphatic carbocycles. The molecular formula is C28H23Cl2IN2O6S. The molecule has 0 saturated carbocycles. The number of rotatable bonds is 10. The predicted octanol–water partition coefficient (Wildman–Crippen LogP) is 7.26. The Kier molecular flexibility index (Phi) is 10.2. The monoisotopic (exact) mass is 712 g/mol. The minimum atomic E-state index is -0.565. The third-order valence-electron chi connectivity index (χ3n) is 5.57. The third-order valence-corrected chi connectivity index (χ3v) is 7.94. The number of hydrogen-bond donors (Lipinski definition) is 1. The molecule has 0 atom stereocenters. The number of imide groups is 1. The van der Waals surface area contributed by atoms with E-state index in [-0.39, 0.29) is 11.5 Å². The summed E-state index contributed by atoms with van der Waals surface area (Å²) in [5, 5.41) is 3.01. The molecule has 1 saturated heterocycles. The van der Waals surface area contributed by atoms with E-state index in [1.165, 1.54) is 13.2 Å². The molecule has 0 unspecified atom stereocenters. The van der Waals surface area contributed by atoms with Crippen molar-refractivity contribution >= 4 is 86.4 Å². The van der Waals surface area contributed by atoms with Gasteiger partial charge in [-0.15, -0.1) is 0 Å². The molecule has 3 aromatic carbocycles. The van der Waals surface area contributed by atoms with Gasteiger partial charge in [0.1, 0.15) is 18.9 Å². The fourth-order valence-electron chi connectivity index (χ4n) is 3.72. The first-order valence-electron chi connectivity index (χ1n) is 11.9. The zero-order chi connectivity index (χ0) is 28.8. The van der Waals surface area contributed by atoms with Crippen LogP contribution in [-0.4, -0.2) is 42.2 Å². The smallest absolute Gasteiger partial charge is 0.294 e. The van der Waals surface area contributed by atoms with Crippen molar-refractivity contribution in [2.45, 2.75) is 13.5 Å². The Bertz CT molecular complexity index is 1500. The van der Waals surface area contributed by atoms with Crippen molar-refractivity contribution in [1.82, 2.24) is 4.90 Å². The molecule has 208 valence electrons. The van der Waals surface area contributed by atoms with Gasteiger partial charge in [0.2, 0.25) is 5.91 Å². The number of carbonyl (C=O) groups is 3. The molecule has 12 heteroatoms. The number of ether oxygens (including phenoxy) is 3. The lowest BCUT2D eigenvalue weighted by Gasteiger charge is -2.15. The average molecular weight is 713 g/mol. The van der Waals surface area contributed by atoms with Gasteiger partial charge in [-0.1, -0.05) is 41.4 Å². The summed E-state index contributed by atoms with van der Waals surface area (Å²) in [5.41, 5.74) is 1.88. The average Bonchev–Trinajstić information content (AvgIpc) is 3.16. The Hall–Kier alpha value is -2.93. The van der Waals surface area contributed by atoms with Crippen LogP contribution < -0.4 is 19.5 Å². The van der Waals surface area contributed by atoms with Gasteiger partial charge in [-0.05, 0) is 89.3 Å². The highest BCUT2D eigenvalue weighted by atomic mass is 127. The Labute approximate surface area is 259 Å². The number of halogens is 3. The second kappa shape index (κ2) is 13.6. The summed E-state index contributed by atoms with van der Waals surface area (Å²) in [5.74, 6) is 0.383. The van der Waals surface area contributed by atoms with E-state index < -0.39 is 23.6 Å². The van der Waals surface area contributed by atoms with Gasteiger partial charge in [0.15, 0.2) is 11.5 Å². The van der Waals surface area contributed by atoms with Gasteiger partial charge in [0, 0.05) is 16.3 Å². The second-order valence-corrected chi connectivity index (χ2v) is 11.3. The lowest BCUT2D eigenvalue weighted by atomic mass is 10.1. The molecule has 1 aliphatic rings. The maximum Gasteiger partial charge on any atom is 0.294 e. The number of amides is 3. The van der Waals surface area contributed by atoms with Gasteiger partial charge < -0.3 is 19.5 Å². The molecular weight excluding hydrogens is 690 g/mol. The lowest BCUT2D eigenvalue weighted by Crippen LogP contribution is -2.36.